The summed E-state index contributed by atoms with van der Waals surface area (Å²) in [6.45, 7) is 1.87. The van der Waals surface area contributed by atoms with Crippen LogP contribution in [0.3, 0.4) is 0 Å². The van der Waals surface area contributed by atoms with Gasteiger partial charge in [0.25, 0.3) is 0 Å². The van der Waals surface area contributed by atoms with Crippen LogP contribution in [0.5, 0.6) is 0 Å². The highest BCUT2D eigenvalue weighted by atomic mass is 16.3. The van der Waals surface area contributed by atoms with Crippen LogP contribution in [0.15, 0.2) is 24.3 Å². The van der Waals surface area contributed by atoms with Gasteiger partial charge in [0.1, 0.15) is 0 Å². The Hall–Kier alpha value is -1.35. The fraction of sp³-hybridized carbons (Fsp3) is 0.462. The van der Waals surface area contributed by atoms with Crippen LogP contribution in [0.1, 0.15) is 36.5 Å². The Morgan fingerprint density at radius 1 is 1.38 bits per heavy atom. The second-order valence-corrected chi connectivity index (χ2v) is 4.32. The molecule has 0 spiro atoms. The van der Waals surface area contributed by atoms with E-state index in [4.69, 9.17) is 5.11 Å². The lowest BCUT2D eigenvalue weighted by molar-refractivity contribution is 0.0836. The van der Waals surface area contributed by atoms with E-state index < -0.39 is 0 Å². The minimum absolute atomic E-state index is 0.140. The molecule has 0 radical (unpaired) electrons. The van der Waals surface area contributed by atoms with E-state index in [-0.39, 0.29) is 11.9 Å². The molecule has 86 valence electrons. The number of hydrogen-bond donors (Lipinski definition) is 2. The molecule has 1 aromatic carbocycles. The van der Waals surface area contributed by atoms with Crippen molar-refractivity contribution in [2.24, 2.45) is 0 Å². The first-order chi connectivity index (χ1) is 7.69. The van der Waals surface area contributed by atoms with Crippen molar-refractivity contribution in [2.45, 2.75) is 38.3 Å². The number of hydrogen-bond acceptors (Lipinski definition) is 3. The van der Waals surface area contributed by atoms with Crippen LogP contribution in [-0.2, 0) is 0 Å². The highest BCUT2D eigenvalue weighted by Crippen LogP contribution is 2.24. The molecule has 3 heteroatoms. The summed E-state index contributed by atoms with van der Waals surface area (Å²) in [5.74, 6) is 0.172. The zero-order chi connectivity index (χ0) is 11.5. The maximum atomic E-state index is 11.4. The second-order valence-electron chi connectivity index (χ2n) is 4.32. The third-order valence-corrected chi connectivity index (χ3v) is 3.01. The van der Waals surface area contributed by atoms with Gasteiger partial charge in [0.05, 0.1) is 6.10 Å². The Labute approximate surface area is 95.5 Å². The van der Waals surface area contributed by atoms with Gasteiger partial charge in [-0.25, -0.2) is 0 Å². The van der Waals surface area contributed by atoms with E-state index in [9.17, 15) is 4.79 Å². The summed E-state index contributed by atoms with van der Waals surface area (Å²) in [5.41, 5.74) is 1.78. The number of rotatable bonds is 4. The maximum Gasteiger partial charge on any atom is 0.162 e. The molecule has 16 heavy (non-hydrogen) atoms. The van der Waals surface area contributed by atoms with E-state index in [0.717, 1.165) is 24.1 Å². The van der Waals surface area contributed by atoms with E-state index >= 15 is 0 Å². The predicted octanol–water partition coefficient (Wildman–Crippen LogP) is 2.21. The normalized spacial score (nSPS) is 23.6. The molecule has 1 saturated carbocycles. The third kappa shape index (κ3) is 2.42. The Kier molecular flexibility index (Phi) is 3.25. The molecule has 0 unspecified atom stereocenters. The summed E-state index contributed by atoms with van der Waals surface area (Å²) in [7, 11) is 0. The molecule has 3 nitrogen and oxygen atoms in total. The summed E-state index contributed by atoms with van der Waals surface area (Å²) in [6.07, 6.45) is 2.03. The number of ketones is 1. The number of carbonyl (C=O) groups is 1. The largest absolute Gasteiger partial charge is 0.393 e. The van der Waals surface area contributed by atoms with Gasteiger partial charge in [-0.05, 0) is 37.1 Å². The van der Waals surface area contributed by atoms with Crippen molar-refractivity contribution >= 4 is 11.5 Å². The lowest BCUT2D eigenvalue weighted by atomic mass is 9.89. The SMILES string of the molecule is CCC(=O)c1ccc(NC2CC(O)C2)cc1. The standard InChI is InChI=1S/C13H17NO2/c1-2-13(16)9-3-5-10(6-4-9)14-11-7-12(15)8-11/h3-6,11-12,14-15H,2,7-8H2,1H3. The number of carbonyl (C=O) groups excluding carboxylic acids is 1. The highest BCUT2D eigenvalue weighted by molar-refractivity contribution is 5.96. The molecule has 0 aromatic heterocycles. The van der Waals surface area contributed by atoms with Crippen LogP contribution in [0.2, 0.25) is 0 Å². The monoisotopic (exact) mass is 219 g/mol. The van der Waals surface area contributed by atoms with E-state index in [1.807, 2.05) is 31.2 Å². The maximum absolute atomic E-state index is 11.4. The zero-order valence-corrected chi connectivity index (χ0v) is 9.44. The van der Waals surface area contributed by atoms with Gasteiger partial charge in [-0.1, -0.05) is 6.92 Å². The van der Waals surface area contributed by atoms with E-state index in [1.165, 1.54) is 0 Å². The molecule has 1 fully saturated rings. The summed E-state index contributed by atoms with van der Waals surface area (Å²) in [4.78, 5) is 11.4. The topological polar surface area (TPSA) is 49.3 Å². The van der Waals surface area contributed by atoms with Crippen molar-refractivity contribution < 1.29 is 9.90 Å². The van der Waals surface area contributed by atoms with Gasteiger partial charge in [-0.15, -0.1) is 0 Å². The average molecular weight is 219 g/mol. The first-order valence-corrected chi connectivity index (χ1v) is 5.77. The molecular weight excluding hydrogens is 202 g/mol. The Bertz CT molecular complexity index is 366. The Morgan fingerprint density at radius 3 is 2.50 bits per heavy atom. The number of anilines is 1. The van der Waals surface area contributed by atoms with Crippen molar-refractivity contribution in [2.75, 3.05) is 5.32 Å². The highest BCUT2D eigenvalue weighted by Gasteiger charge is 2.26. The number of benzene rings is 1. The fourth-order valence-corrected chi connectivity index (χ4v) is 1.90. The lowest BCUT2D eigenvalue weighted by Gasteiger charge is -2.32. The molecule has 0 atom stereocenters. The van der Waals surface area contributed by atoms with Crippen molar-refractivity contribution in [1.82, 2.24) is 0 Å². The second kappa shape index (κ2) is 4.66. The average Bonchev–Trinajstić information content (AvgIpc) is 2.27. The van der Waals surface area contributed by atoms with Gasteiger partial charge in [-0.3, -0.25) is 4.79 Å². The van der Waals surface area contributed by atoms with Gasteiger partial charge in [-0.2, -0.15) is 0 Å². The fourth-order valence-electron chi connectivity index (χ4n) is 1.90. The van der Waals surface area contributed by atoms with Gasteiger partial charge < -0.3 is 10.4 Å². The van der Waals surface area contributed by atoms with Crippen LogP contribution >= 0.6 is 0 Å². The van der Waals surface area contributed by atoms with Gasteiger partial charge in [0.15, 0.2) is 5.78 Å². The molecule has 1 aliphatic rings. The molecule has 0 amide bonds. The van der Waals surface area contributed by atoms with Gasteiger partial charge in [0, 0.05) is 23.7 Å². The Balaban J connectivity index is 1.94. The zero-order valence-electron chi connectivity index (χ0n) is 9.44. The molecule has 1 aliphatic carbocycles. The minimum Gasteiger partial charge on any atom is -0.393 e. The number of aliphatic hydroxyl groups excluding tert-OH is 1. The molecule has 1 aromatic rings. The number of Topliss-reactive ketones (excluding diaryl/α,β-unsaturated/α-hetero) is 1. The summed E-state index contributed by atoms with van der Waals surface area (Å²) < 4.78 is 0. The van der Waals surface area contributed by atoms with E-state index in [0.29, 0.717) is 12.5 Å². The van der Waals surface area contributed by atoms with Crippen LogP contribution in [0.4, 0.5) is 5.69 Å². The molecule has 0 aliphatic heterocycles. The quantitative estimate of drug-likeness (QED) is 0.763. The number of nitrogens with one attached hydrogen (secondary N) is 1. The third-order valence-electron chi connectivity index (χ3n) is 3.01. The van der Waals surface area contributed by atoms with Gasteiger partial charge in [0.2, 0.25) is 0 Å². The molecule has 2 rings (SSSR count). The van der Waals surface area contributed by atoms with E-state index in [2.05, 4.69) is 5.32 Å². The van der Waals surface area contributed by atoms with Crippen molar-refractivity contribution in [1.29, 1.82) is 0 Å². The molecule has 0 bridgehead atoms. The molecular formula is C13H17NO2. The molecule has 0 saturated heterocycles. The van der Waals surface area contributed by atoms with Gasteiger partial charge >= 0.3 is 0 Å². The Morgan fingerprint density at radius 2 is 2.00 bits per heavy atom. The first-order valence-electron chi connectivity index (χ1n) is 5.77. The van der Waals surface area contributed by atoms with Crippen LogP contribution < -0.4 is 5.32 Å². The van der Waals surface area contributed by atoms with E-state index in [1.54, 1.807) is 0 Å². The van der Waals surface area contributed by atoms with Crippen molar-refractivity contribution in [3.8, 4) is 0 Å². The smallest absolute Gasteiger partial charge is 0.162 e. The van der Waals surface area contributed by atoms with Crippen LogP contribution in [-0.4, -0.2) is 23.0 Å². The summed E-state index contributed by atoms with van der Waals surface area (Å²) in [6, 6.07) is 7.93. The van der Waals surface area contributed by atoms with Crippen molar-refractivity contribution in [3.05, 3.63) is 29.8 Å². The van der Waals surface area contributed by atoms with Crippen LogP contribution in [0, 0.1) is 0 Å². The number of aliphatic hydroxyl groups is 1. The first kappa shape index (κ1) is 11.1. The molecule has 0 heterocycles. The summed E-state index contributed by atoms with van der Waals surface area (Å²) in [5, 5.41) is 12.5. The minimum atomic E-state index is -0.140. The summed E-state index contributed by atoms with van der Waals surface area (Å²) >= 11 is 0. The lowest BCUT2D eigenvalue weighted by Crippen LogP contribution is -2.38. The molecule has 2 N–H and O–H groups in total. The van der Waals surface area contributed by atoms with Crippen LogP contribution in [0.25, 0.3) is 0 Å². The predicted molar refractivity (Wildman–Crippen MR) is 63.7 cm³/mol. The van der Waals surface area contributed by atoms with Crippen molar-refractivity contribution in [3.63, 3.8) is 0 Å².